The van der Waals surface area contributed by atoms with Gasteiger partial charge in [-0.2, -0.15) is 4.98 Å². The Morgan fingerprint density at radius 3 is 2.60 bits per heavy atom. The monoisotopic (exact) mass is 276 g/mol. The van der Waals surface area contributed by atoms with Gasteiger partial charge in [0, 0.05) is 5.56 Å². The van der Waals surface area contributed by atoms with E-state index in [1.165, 1.54) is 24.3 Å². The molecule has 0 aliphatic heterocycles. The van der Waals surface area contributed by atoms with Gasteiger partial charge in [0.15, 0.2) is 5.69 Å². The van der Waals surface area contributed by atoms with Crippen LogP contribution in [0.25, 0.3) is 0 Å². The number of hydrogen-bond acceptors (Lipinski definition) is 6. The summed E-state index contributed by atoms with van der Waals surface area (Å²) in [5.74, 6) is -0.722. The van der Waals surface area contributed by atoms with E-state index in [0.717, 1.165) is 6.26 Å². The van der Waals surface area contributed by atoms with Gasteiger partial charge in [-0.3, -0.25) is 4.79 Å². The number of benzene rings is 1. The van der Waals surface area contributed by atoms with E-state index in [4.69, 9.17) is 19.6 Å². The van der Waals surface area contributed by atoms with Crippen LogP contribution in [0.4, 0.5) is 0 Å². The second kappa shape index (κ2) is 5.87. The Morgan fingerprint density at radius 1 is 1.30 bits per heavy atom. The van der Waals surface area contributed by atoms with Crippen LogP contribution in [0.1, 0.15) is 27.8 Å². The highest BCUT2D eigenvalue weighted by Gasteiger charge is 2.14. The molecule has 1 aromatic carbocycles. The van der Waals surface area contributed by atoms with Crippen LogP contribution >= 0.6 is 0 Å². The van der Waals surface area contributed by atoms with E-state index in [1.54, 1.807) is 6.92 Å². The van der Waals surface area contributed by atoms with Gasteiger partial charge in [0.25, 0.3) is 0 Å². The zero-order valence-corrected chi connectivity index (χ0v) is 10.7. The van der Waals surface area contributed by atoms with E-state index in [1.807, 2.05) is 0 Å². The molecular formula is C13H12N2O5. The van der Waals surface area contributed by atoms with Crippen LogP contribution < -0.4 is 10.5 Å². The highest BCUT2D eigenvalue weighted by atomic mass is 16.6. The molecule has 0 unspecified atom stereocenters. The lowest BCUT2D eigenvalue weighted by Crippen LogP contribution is -2.10. The van der Waals surface area contributed by atoms with E-state index in [0.29, 0.717) is 11.3 Å². The number of aromatic nitrogens is 1. The topological polar surface area (TPSA) is 105 Å². The molecule has 7 nitrogen and oxygen atoms in total. The molecule has 0 aliphatic carbocycles. The molecule has 0 aliphatic rings. The molecule has 20 heavy (non-hydrogen) atoms. The Hall–Kier alpha value is -2.83. The fourth-order valence-electron chi connectivity index (χ4n) is 1.39. The zero-order chi connectivity index (χ0) is 14.5. The van der Waals surface area contributed by atoms with Crippen molar-refractivity contribution in [3.8, 4) is 11.8 Å². The normalized spacial score (nSPS) is 10.1. The van der Waals surface area contributed by atoms with Crippen LogP contribution in [0.5, 0.6) is 11.8 Å². The predicted octanol–water partition coefficient (Wildman–Crippen LogP) is 1.74. The summed E-state index contributed by atoms with van der Waals surface area (Å²) in [5.41, 5.74) is 5.50. The van der Waals surface area contributed by atoms with Gasteiger partial charge in [-0.1, -0.05) is 0 Å². The molecule has 1 heterocycles. The van der Waals surface area contributed by atoms with Crippen molar-refractivity contribution in [2.45, 2.75) is 6.92 Å². The van der Waals surface area contributed by atoms with Gasteiger partial charge in [-0.05, 0) is 31.2 Å². The molecule has 0 fully saturated rings. The molecule has 0 saturated heterocycles. The number of ether oxygens (including phenoxy) is 2. The van der Waals surface area contributed by atoms with Crippen molar-refractivity contribution >= 4 is 11.9 Å². The summed E-state index contributed by atoms with van der Waals surface area (Å²) in [7, 11) is 0. The Balaban J connectivity index is 2.06. The first-order valence-corrected chi connectivity index (χ1v) is 5.80. The quantitative estimate of drug-likeness (QED) is 0.834. The minimum Gasteiger partial charge on any atom is -0.461 e. The van der Waals surface area contributed by atoms with Gasteiger partial charge in [-0.25, -0.2) is 4.79 Å². The lowest BCUT2D eigenvalue weighted by molar-refractivity contribution is 0.0519. The van der Waals surface area contributed by atoms with E-state index < -0.39 is 11.9 Å². The Labute approximate surface area is 114 Å². The molecule has 2 rings (SSSR count). The summed E-state index contributed by atoms with van der Waals surface area (Å²) in [6, 6.07) is 6.09. The van der Waals surface area contributed by atoms with E-state index in [9.17, 15) is 9.59 Å². The predicted molar refractivity (Wildman–Crippen MR) is 67.5 cm³/mol. The van der Waals surface area contributed by atoms with Gasteiger partial charge >= 0.3 is 12.0 Å². The highest BCUT2D eigenvalue weighted by Crippen LogP contribution is 2.21. The first kappa shape index (κ1) is 13.6. The number of hydrogen-bond donors (Lipinski definition) is 1. The van der Waals surface area contributed by atoms with Crippen LogP contribution in [-0.4, -0.2) is 23.5 Å². The number of esters is 1. The molecule has 0 atom stereocenters. The molecule has 0 bridgehead atoms. The number of carbonyl (C=O) groups excluding carboxylic acids is 2. The van der Waals surface area contributed by atoms with Gasteiger partial charge < -0.3 is 19.6 Å². The van der Waals surface area contributed by atoms with Crippen LogP contribution in [0.3, 0.4) is 0 Å². The minimum atomic E-state index is -0.588. The Kier molecular flexibility index (Phi) is 3.99. The van der Waals surface area contributed by atoms with Crippen LogP contribution in [0, 0.1) is 0 Å². The summed E-state index contributed by atoms with van der Waals surface area (Å²) in [6.45, 7) is 1.94. The average molecular weight is 276 g/mol. The van der Waals surface area contributed by atoms with Crippen molar-refractivity contribution in [2.75, 3.05) is 6.61 Å². The number of oxazole rings is 1. The lowest BCUT2D eigenvalue weighted by Gasteiger charge is -2.01. The molecule has 104 valence electrons. The van der Waals surface area contributed by atoms with Gasteiger partial charge in [0.1, 0.15) is 12.0 Å². The fraction of sp³-hybridized carbons (Fsp3) is 0.154. The van der Waals surface area contributed by atoms with Gasteiger partial charge in [0.2, 0.25) is 5.91 Å². The third-order valence-corrected chi connectivity index (χ3v) is 2.31. The molecule has 7 heteroatoms. The SMILES string of the molecule is CCOC(=O)c1coc(Oc2ccc(C(N)=O)cc2)n1. The summed E-state index contributed by atoms with van der Waals surface area (Å²) in [6.07, 6.45) is 1.05. The first-order valence-electron chi connectivity index (χ1n) is 5.80. The van der Waals surface area contributed by atoms with Crippen molar-refractivity contribution in [3.63, 3.8) is 0 Å². The van der Waals surface area contributed by atoms with Crippen LogP contribution in [-0.2, 0) is 4.74 Å². The molecule has 1 amide bonds. The fourth-order valence-corrected chi connectivity index (χ4v) is 1.39. The largest absolute Gasteiger partial charge is 0.461 e. The summed E-state index contributed by atoms with van der Waals surface area (Å²) >= 11 is 0. The molecule has 0 saturated carbocycles. The van der Waals surface area contributed by atoms with E-state index in [2.05, 4.69) is 4.98 Å². The summed E-state index contributed by atoms with van der Waals surface area (Å²) in [5, 5.41) is 0. The van der Waals surface area contributed by atoms with Crippen molar-refractivity contribution in [1.82, 2.24) is 4.98 Å². The Bertz CT molecular complexity index is 618. The van der Waals surface area contributed by atoms with Gasteiger partial charge in [-0.15, -0.1) is 0 Å². The smallest absolute Gasteiger partial charge is 0.399 e. The van der Waals surface area contributed by atoms with Crippen molar-refractivity contribution in [2.24, 2.45) is 5.73 Å². The molecule has 1 aromatic heterocycles. The van der Waals surface area contributed by atoms with Crippen molar-refractivity contribution < 1.29 is 23.5 Å². The first-order chi connectivity index (χ1) is 9.60. The number of amides is 1. The summed E-state index contributed by atoms with van der Waals surface area (Å²) in [4.78, 5) is 26.1. The molecular weight excluding hydrogens is 264 g/mol. The second-order valence-corrected chi connectivity index (χ2v) is 3.71. The number of carbonyl (C=O) groups is 2. The number of nitrogens with two attached hydrogens (primary N) is 1. The third-order valence-electron chi connectivity index (χ3n) is 2.31. The highest BCUT2D eigenvalue weighted by molar-refractivity contribution is 5.92. The summed E-state index contributed by atoms with van der Waals surface area (Å²) < 4.78 is 15.0. The van der Waals surface area contributed by atoms with Crippen molar-refractivity contribution in [1.29, 1.82) is 0 Å². The van der Waals surface area contributed by atoms with Crippen molar-refractivity contribution in [3.05, 3.63) is 41.8 Å². The maximum atomic E-state index is 11.4. The minimum absolute atomic E-state index is 0.0237. The van der Waals surface area contributed by atoms with Crippen LogP contribution in [0.2, 0.25) is 0 Å². The van der Waals surface area contributed by atoms with E-state index in [-0.39, 0.29) is 18.4 Å². The number of rotatable bonds is 5. The van der Waals surface area contributed by atoms with Gasteiger partial charge in [0.05, 0.1) is 6.61 Å². The second-order valence-electron chi connectivity index (χ2n) is 3.71. The molecule has 2 N–H and O–H groups in total. The molecule has 2 aromatic rings. The Morgan fingerprint density at radius 2 is 2.00 bits per heavy atom. The maximum Gasteiger partial charge on any atom is 0.399 e. The standard InChI is InChI=1S/C13H12N2O5/c1-2-18-12(17)10-7-19-13(15-10)20-9-5-3-8(4-6-9)11(14)16/h3-7H,2H2,1H3,(H2,14,16). The average Bonchev–Trinajstić information content (AvgIpc) is 2.88. The maximum absolute atomic E-state index is 11.4. The van der Waals surface area contributed by atoms with Crippen LogP contribution in [0.15, 0.2) is 34.9 Å². The lowest BCUT2D eigenvalue weighted by atomic mass is 10.2. The third kappa shape index (κ3) is 3.14. The van der Waals surface area contributed by atoms with E-state index >= 15 is 0 Å². The zero-order valence-electron chi connectivity index (χ0n) is 10.7. The number of primary amides is 1. The molecule has 0 radical (unpaired) electrons. The molecule has 0 spiro atoms. The number of nitrogens with zero attached hydrogens (tertiary/aromatic N) is 1.